The molecule has 0 amide bonds. The first-order valence-corrected chi connectivity index (χ1v) is 7.07. The summed E-state index contributed by atoms with van der Waals surface area (Å²) in [6.07, 6.45) is 1.20. The van der Waals surface area contributed by atoms with Crippen molar-refractivity contribution >= 4 is 22.5 Å². The van der Waals surface area contributed by atoms with E-state index in [4.69, 9.17) is 11.6 Å². The van der Waals surface area contributed by atoms with E-state index < -0.39 is 0 Å². The van der Waals surface area contributed by atoms with Crippen LogP contribution in [-0.4, -0.2) is 36.1 Å². The molecule has 19 heavy (non-hydrogen) atoms. The predicted molar refractivity (Wildman–Crippen MR) is 79.5 cm³/mol. The third-order valence-corrected chi connectivity index (χ3v) is 4.15. The maximum Gasteiger partial charge on any atom is 0.134 e. The Morgan fingerprint density at radius 1 is 1.42 bits per heavy atom. The molecule has 3 nitrogen and oxygen atoms in total. The molecule has 1 atom stereocenters. The van der Waals surface area contributed by atoms with E-state index in [2.05, 4.69) is 34.4 Å². The van der Waals surface area contributed by atoms with Crippen LogP contribution in [0, 0.1) is 0 Å². The first-order valence-electron chi connectivity index (χ1n) is 6.69. The minimum atomic E-state index is 0.600. The third kappa shape index (κ3) is 2.73. The lowest BCUT2D eigenvalue weighted by molar-refractivity contribution is 0.249. The summed E-state index contributed by atoms with van der Waals surface area (Å²) in [6, 6.07) is 10.9. The third-order valence-electron chi connectivity index (χ3n) is 3.83. The van der Waals surface area contributed by atoms with Crippen molar-refractivity contribution in [1.29, 1.82) is 0 Å². The fraction of sp³-hybridized carbons (Fsp3) is 0.400. The highest BCUT2D eigenvalue weighted by Crippen LogP contribution is 2.22. The van der Waals surface area contributed by atoms with E-state index in [1.807, 2.05) is 18.2 Å². The zero-order valence-corrected chi connectivity index (χ0v) is 11.8. The first-order chi connectivity index (χ1) is 9.24. The van der Waals surface area contributed by atoms with Gasteiger partial charge in [0.25, 0.3) is 0 Å². The summed E-state index contributed by atoms with van der Waals surface area (Å²) in [5, 5.41) is 5.17. The standard InChI is InChI=1S/C15H18ClN3/c1-19(13-6-7-17-9-13)10-12-8-11-4-2-3-5-14(11)18-15(12)16/h2-5,8,13,17H,6-7,9-10H2,1H3. The van der Waals surface area contributed by atoms with Crippen LogP contribution < -0.4 is 5.32 Å². The molecule has 1 unspecified atom stereocenters. The second-order valence-corrected chi connectivity index (χ2v) is 5.55. The Labute approximate surface area is 118 Å². The summed E-state index contributed by atoms with van der Waals surface area (Å²) in [5.41, 5.74) is 2.07. The van der Waals surface area contributed by atoms with Gasteiger partial charge in [0.05, 0.1) is 5.52 Å². The SMILES string of the molecule is CN(Cc1cc2ccccc2nc1Cl)C1CCNC1. The van der Waals surface area contributed by atoms with E-state index in [1.54, 1.807) is 0 Å². The highest BCUT2D eigenvalue weighted by atomic mass is 35.5. The number of para-hydroxylation sites is 1. The van der Waals surface area contributed by atoms with Crippen LogP contribution in [0.4, 0.5) is 0 Å². The van der Waals surface area contributed by atoms with Gasteiger partial charge in [-0.3, -0.25) is 4.90 Å². The lowest BCUT2D eigenvalue weighted by Gasteiger charge is -2.23. The van der Waals surface area contributed by atoms with E-state index in [1.165, 1.54) is 6.42 Å². The predicted octanol–water partition coefficient (Wildman–Crippen LogP) is 2.68. The maximum absolute atomic E-state index is 6.30. The molecule has 0 saturated carbocycles. The lowest BCUT2D eigenvalue weighted by Crippen LogP contribution is -2.32. The normalized spacial score (nSPS) is 19.4. The summed E-state index contributed by atoms with van der Waals surface area (Å²) in [7, 11) is 2.16. The second-order valence-electron chi connectivity index (χ2n) is 5.19. The molecule has 0 radical (unpaired) electrons. The fourth-order valence-electron chi connectivity index (χ4n) is 2.66. The molecule has 1 saturated heterocycles. The summed E-state index contributed by atoms with van der Waals surface area (Å²) in [6.45, 7) is 3.02. The van der Waals surface area contributed by atoms with Gasteiger partial charge in [-0.25, -0.2) is 4.98 Å². The van der Waals surface area contributed by atoms with Gasteiger partial charge in [0, 0.05) is 30.1 Å². The van der Waals surface area contributed by atoms with Crippen molar-refractivity contribution in [3.63, 3.8) is 0 Å². The topological polar surface area (TPSA) is 28.2 Å². The molecule has 3 rings (SSSR count). The van der Waals surface area contributed by atoms with Gasteiger partial charge in [-0.2, -0.15) is 0 Å². The molecule has 0 spiro atoms. The average Bonchev–Trinajstić information content (AvgIpc) is 2.93. The van der Waals surface area contributed by atoms with Crippen LogP contribution >= 0.6 is 11.6 Å². The number of benzene rings is 1. The van der Waals surface area contributed by atoms with E-state index in [-0.39, 0.29) is 0 Å². The molecule has 4 heteroatoms. The zero-order valence-electron chi connectivity index (χ0n) is 11.1. The van der Waals surface area contributed by atoms with Gasteiger partial charge in [-0.05, 0) is 32.1 Å². The van der Waals surface area contributed by atoms with Crippen molar-refractivity contribution < 1.29 is 0 Å². The number of pyridine rings is 1. The summed E-state index contributed by atoms with van der Waals surface area (Å²) in [4.78, 5) is 6.84. The van der Waals surface area contributed by atoms with Crippen LogP contribution in [0.2, 0.25) is 5.15 Å². The lowest BCUT2D eigenvalue weighted by atomic mass is 10.1. The quantitative estimate of drug-likeness (QED) is 0.873. The van der Waals surface area contributed by atoms with Crippen LogP contribution in [0.15, 0.2) is 30.3 Å². The molecule has 0 bridgehead atoms. The smallest absolute Gasteiger partial charge is 0.134 e. The molecule has 2 aromatic rings. The van der Waals surface area contributed by atoms with Crippen LogP contribution in [-0.2, 0) is 6.54 Å². The van der Waals surface area contributed by atoms with E-state index in [9.17, 15) is 0 Å². The number of halogens is 1. The molecule has 2 heterocycles. The number of nitrogens with zero attached hydrogens (tertiary/aromatic N) is 2. The van der Waals surface area contributed by atoms with Crippen LogP contribution in [0.1, 0.15) is 12.0 Å². The van der Waals surface area contributed by atoms with Crippen LogP contribution in [0.25, 0.3) is 10.9 Å². The maximum atomic E-state index is 6.30. The molecule has 0 aliphatic carbocycles. The fourth-order valence-corrected chi connectivity index (χ4v) is 2.87. The Kier molecular flexibility index (Phi) is 3.69. The second kappa shape index (κ2) is 5.45. The van der Waals surface area contributed by atoms with Gasteiger partial charge in [0.1, 0.15) is 5.15 Å². The summed E-state index contributed by atoms with van der Waals surface area (Å²) >= 11 is 6.30. The molecule has 1 aliphatic heterocycles. The van der Waals surface area contributed by atoms with Crippen molar-refractivity contribution in [3.05, 3.63) is 41.0 Å². The highest BCUT2D eigenvalue weighted by Gasteiger charge is 2.20. The number of hydrogen-bond donors (Lipinski definition) is 1. The molecule has 1 aromatic heterocycles. The van der Waals surface area contributed by atoms with Crippen LogP contribution in [0.5, 0.6) is 0 Å². The largest absolute Gasteiger partial charge is 0.315 e. The van der Waals surface area contributed by atoms with Gasteiger partial charge in [0.15, 0.2) is 0 Å². The Bertz CT molecular complexity index is 579. The van der Waals surface area contributed by atoms with Gasteiger partial charge in [-0.15, -0.1) is 0 Å². The molecule has 1 aliphatic rings. The van der Waals surface area contributed by atoms with Crippen molar-refractivity contribution in [2.45, 2.75) is 19.0 Å². The number of fused-ring (bicyclic) bond motifs is 1. The van der Waals surface area contributed by atoms with Gasteiger partial charge in [-0.1, -0.05) is 29.8 Å². The van der Waals surface area contributed by atoms with Crippen molar-refractivity contribution in [2.75, 3.05) is 20.1 Å². The number of aromatic nitrogens is 1. The molecular weight excluding hydrogens is 258 g/mol. The van der Waals surface area contributed by atoms with Gasteiger partial charge < -0.3 is 5.32 Å². The van der Waals surface area contributed by atoms with Crippen molar-refractivity contribution in [2.24, 2.45) is 0 Å². The average molecular weight is 276 g/mol. The Hall–Kier alpha value is -1.16. The number of likely N-dealkylation sites (N-methyl/N-ethyl adjacent to an activating group) is 1. The molecule has 1 N–H and O–H groups in total. The zero-order chi connectivity index (χ0) is 13.2. The van der Waals surface area contributed by atoms with E-state index >= 15 is 0 Å². The van der Waals surface area contributed by atoms with E-state index in [0.29, 0.717) is 11.2 Å². The van der Waals surface area contributed by atoms with Crippen molar-refractivity contribution in [3.8, 4) is 0 Å². The number of nitrogens with one attached hydrogen (secondary N) is 1. The number of rotatable bonds is 3. The molecule has 100 valence electrons. The van der Waals surface area contributed by atoms with Crippen molar-refractivity contribution in [1.82, 2.24) is 15.2 Å². The Morgan fingerprint density at radius 3 is 3.05 bits per heavy atom. The summed E-state index contributed by atoms with van der Waals surface area (Å²) < 4.78 is 0. The van der Waals surface area contributed by atoms with Gasteiger partial charge in [0.2, 0.25) is 0 Å². The van der Waals surface area contributed by atoms with Gasteiger partial charge >= 0.3 is 0 Å². The molecular formula is C15H18ClN3. The van der Waals surface area contributed by atoms with Crippen LogP contribution in [0.3, 0.4) is 0 Å². The van der Waals surface area contributed by atoms with E-state index in [0.717, 1.165) is 36.1 Å². The monoisotopic (exact) mass is 275 g/mol. The Balaban J connectivity index is 1.85. The summed E-state index contributed by atoms with van der Waals surface area (Å²) in [5.74, 6) is 0. The minimum absolute atomic E-state index is 0.600. The number of hydrogen-bond acceptors (Lipinski definition) is 3. The minimum Gasteiger partial charge on any atom is -0.315 e. The highest BCUT2D eigenvalue weighted by molar-refractivity contribution is 6.30. The molecule has 1 aromatic carbocycles. The Morgan fingerprint density at radius 2 is 2.26 bits per heavy atom. The molecule has 1 fully saturated rings. The first kappa shape index (κ1) is 12.9.